The lowest BCUT2D eigenvalue weighted by Crippen LogP contribution is -2.24. The van der Waals surface area contributed by atoms with Crippen molar-refractivity contribution in [2.75, 3.05) is 25.6 Å². The molecule has 2 N–H and O–H groups in total. The molecule has 2 aromatic rings. The van der Waals surface area contributed by atoms with Gasteiger partial charge in [0.2, 0.25) is 10.0 Å². The number of carbonyl (C=O) groups excluding carboxylic acids is 1. The van der Waals surface area contributed by atoms with Crippen LogP contribution in [0.2, 0.25) is 0 Å². The fraction of sp³-hybridized carbons (Fsp3) is 0.316. The van der Waals surface area contributed by atoms with Crippen LogP contribution in [0.15, 0.2) is 53.4 Å². The standard InChI is InChI=1S/C19H24N2O5S/c1-3-4-13-20-27(23,24)18-11-9-17(10-12-18)26-14-19(22)21-15-5-7-16(25-2)8-6-15/h5-12,20H,3-4,13-14H2,1-2H3,(H,21,22). The van der Waals surface area contributed by atoms with Gasteiger partial charge in [-0.3, -0.25) is 4.79 Å². The summed E-state index contributed by atoms with van der Waals surface area (Å²) in [5.74, 6) is 0.786. The molecular formula is C19H24N2O5S. The van der Waals surface area contributed by atoms with Crippen molar-refractivity contribution in [3.05, 3.63) is 48.5 Å². The normalized spacial score (nSPS) is 11.0. The number of rotatable bonds is 10. The molecule has 2 rings (SSSR count). The third-order valence-corrected chi connectivity index (χ3v) is 5.18. The lowest BCUT2D eigenvalue weighted by molar-refractivity contribution is -0.118. The minimum atomic E-state index is -3.52. The van der Waals surface area contributed by atoms with E-state index in [-0.39, 0.29) is 17.4 Å². The van der Waals surface area contributed by atoms with Crippen molar-refractivity contribution in [3.8, 4) is 11.5 Å². The Kier molecular flexibility index (Phi) is 7.63. The first kappa shape index (κ1) is 20.7. The molecule has 2 aromatic carbocycles. The molecule has 1 amide bonds. The molecule has 0 radical (unpaired) electrons. The average molecular weight is 392 g/mol. The molecular weight excluding hydrogens is 368 g/mol. The predicted molar refractivity (Wildman–Crippen MR) is 104 cm³/mol. The summed E-state index contributed by atoms with van der Waals surface area (Å²) in [6.45, 7) is 2.21. The van der Waals surface area contributed by atoms with Gasteiger partial charge in [0.15, 0.2) is 6.61 Å². The number of anilines is 1. The SMILES string of the molecule is CCCCNS(=O)(=O)c1ccc(OCC(=O)Nc2ccc(OC)cc2)cc1. The van der Waals surface area contributed by atoms with E-state index in [1.165, 1.54) is 24.3 Å². The molecule has 0 unspecified atom stereocenters. The predicted octanol–water partition coefficient (Wildman–Crippen LogP) is 2.79. The van der Waals surface area contributed by atoms with Gasteiger partial charge in [0, 0.05) is 12.2 Å². The first-order chi connectivity index (χ1) is 12.9. The van der Waals surface area contributed by atoms with Gasteiger partial charge in [-0.2, -0.15) is 0 Å². The van der Waals surface area contributed by atoms with Crippen LogP contribution in [0.3, 0.4) is 0 Å². The minimum absolute atomic E-state index is 0.161. The highest BCUT2D eigenvalue weighted by molar-refractivity contribution is 7.89. The fourth-order valence-electron chi connectivity index (χ4n) is 2.20. The largest absolute Gasteiger partial charge is 0.497 e. The summed E-state index contributed by atoms with van der Waals surface area (Å²) in [5.41, 5.74) is 0.629. The van der Waals surface area contributed by atoms with Gasteiger partial charge in [-0.1, -0.05) is 13.3 Å². The number of hydrogen-bond donors (Lipinski definition) is 2. The minimum Gasteiger partial charge on any atom is -0.497 e. The molecule has 0 saturated carbocycles. The van der Waals surface area contributed by atoms with Crippen LogP contribution in [0.5, 0.6) is 11.5 Å². The molecule has 0 aromatic heterocycles. The number of unbranched alkanes of at least 4 members (excludes halogenated alkanes) is 1. The van der Waals surface area contributed by atoms with Crippen LogP contribution in [0, 0.1) is 0 Å². The van der Waals surface area contributed by atoms with Crippen LogP contribution in [0.4, 0.5) is 5.69 Å². The van der Waals surface area contributed by atoms with Gasteiger partial charge in [0.1, 0.15) is 11.5 Å². The molecule has 0 aliphatic heterocycles. The summed E-state index contributed by atoms with van der Waals surface area (Å²) < 4.78 is 37.2. The van der Waals surface area contributed by atoms with Gasteiger partial charge >= 0.3 is 0 Å². The van der Waals surface area contributed by atoms with Crippen LogP contribution in [-0.2, 0) is 14.8 Å². The van der Waals surface area contributed by atoms with E-state index in [1.807, 2.05) is 6.92 Å². The number of carbonyl (C=O) groups is 1. The molecule has 27 heavy (non-hydrogen) atoms. The molecule has 0 spiro atoms. The van der Waals surface area contributed by atoms with Gasteiger partial charge in [-0.25, -0.2) is 13.1 Å². The second kappa shape index (κ2) is 9.94. The van der Waals surface area contributed by atoms with E-state index < -0.39 is 10.0 Å². The number of methoxy groups -OCH3 is 1. The first-order valence-corrected chi connectivity index (χ1v) is 10.1. The Morgan fingerprint density at radius 1 is 1.00 bits per heavy atom. The van der Waals surface area contributed by atoms with E-state index in [0.717, 1.165) is 12.8 Å². The van der Waals surface area contributed by atoms with E-state index in [9.17, 15) is 13.2 Å². The van der Waals surface area contributed by atoms with E-state index >= 15 is 0 Å². The molecule has 0 saturated heterocycles. The van der Waals surface area contributed by atoms with Crippen LogP contribution >= 0.6 is 0 Å². The number of amides is 1. The van der Waals surface area contributed by atoms with Gasteiger partial charge < -0.3 is 14.8 Å². The summed E-state index contributed by atoms with van der Waals surface area (Å²) >= 11 is 0. The Morgan fingerprint density at radius 2 is 1.63 bits per heavy atom. The second-order valence-corrected chi connectivity index (χ2v) is 7.56. The zero-order valence-corrected chi connectivity index (χ0v) is 16.2. The van der Waals surface area contributed by atoms with Crippen molar-refractivity contribution in [1.82, 2.24) is 4.72 Å². The first-order valence-electron chi connectivity index (χ1n) is 8.61. The fourth-order valence-corrected chi connectivity index (χ4v) is 3.28. The maximum Gasteiger partial charge on any atom is 0.262 e. The molecule has 0 aliphatic carbocycles. The van der Waals surface area contributed by atoms with Gasteiger partial charge in [-0.15, -0.1) is 0 Å². The average Bonchev–Trinajstić information content (AvgIpc) is 2.67. The lowest BCUT2D eigenvalue weighted by atomic mass is 10.3. The quantitative estimate of drug-likeness (QED) is 0.607. The summed E-state index contributed by atoms with van der Waals surface area (Å²) in [5, 5.41) is 2.70. The Morgan fingerprint density at radius 3 is 2.22 bits per heavy atom. The molecule has 0 atom stereocenters. The number of benzene rings is 2. The highest BCUT2D eigenvalue weighted by atomic mass is 32.2. The molecule has 0 bridgehead atoms. The van der Waals surface area contributed by atoms with Crippen molar-refractivity contribution >= 4 is 21.6 Å². The van der Waals surface area contributed by atoms with E-state index in [1.54, 1.807) is 31.4 Å². The number of ether oxygens (including phenoxy) is 2. The van der Waals surface area contributed by atoms with Crippen molar-refractivity contribution in [2.45, 2.75) is 24.7 Å². The molecule has 8 heteroatoms. The molecule has 146 valence electrons. The third kappa shape index (κ3) is 6.58. The Hall–Kier alpha value is -2.58. The maximum absolute atomic E-state index is 12.1. The van der Waals surface area contributed by atoms with Crippen molar-refractivity contribution < 1.29 is 22.7 Å². The summed E-state index contributed by atoms with van der Waals surface area (Å²) in [7, 11) is -1.95. The molecule has 0 heterocycles. The van der Waals surface area contributed by atoms with Crippen LogP contribution in [-0.4, -0.2) is 34.6 Å². The highest BCUT2D eigenvalue weighted by Gasteiger charge is 2.13. The molecule has 0 aliphatic rings. The van der Waals surface area contributed by atoms with Crippen LogP contribution < -0.4 is 19.5 Å². The van der Waals surface area contributed by atoms with Crippen molar-refractivity contribution in [1.29, 1.82) is 0 Å². The number of sulfonamides is 1. The Balaban J connectivity index is 1.85. The molecule has 0 fully saturated rings. The van der Waals surface area contributed by atoms with Crippen molar-refractivity contribution in [3.63, 3.8) is 0 Å². The zero-order valence-electron chi connectivity index (χ0n) is 15.4. The Bertz CT molecular complexity index is 833. The van der Waals surface area contributed by atoms with Gasteiger partial charge in [0.25, 0.3) is 5.91 Å². The smallest absolute Gasteiger partial charge is 0.262 e. The Labute approximate surface area is 159 Å². The van der Waals surface area contributed by atoms with E-state index in [2.05, 4.69) is 10.0 Å². The number of hydrogen-bond acceptors (Lipinski definition) is 5. The topological polar surface area (TPSA) is 93.7 Å². The zero-order chi connectivity index (χ0) is 19.7. The lowest BCUT2D eigenvalue weighted by Gasteiger charge is -2.09. The van der Waals surface area contributed by atoms with Crippen LogP contribution in [0.1, 0.15) is 19.8 Å². The maximum atomic E-state index is 12.1. The van der Waals surface area contributed by atoms with Crippen molar-refractivity contribution in [2.24, 2.45) is 0 Å². The highest BCUT2D eigenvalue weighted by Crippen LogP contribution is 2.17. The summed E-state index contributed by atoms with van der Waals surface area (Å²) in [6, 6.07) is 12.9. The summed E-state index contributed by atoms with van der Waals surface area (Å²) in [4.78, 5) is 12.1. The monoisotopic (exact) mass is 392 g/mol. The molecule has 7 nitrogen and oxygen atoms in total. The van der Waals surface area contributed by atoms with Gasteiger partial charge in [0.05, 0.1) is 12.0 Å². The van der Waals surface area contributed by atoms with Crippen LogP contribution in [0.25, 0.3) is 0 Å². The number of nitrogens with one attached hydrogen (secondary N) is 2. The second-order valence-electron chi connectivity index (χ2n) is 5.79. The summed E-state index contributed by atoms with van der Waals surface area (Å²) in [6.07, 6.45) is 1.69. The van der Waals surface area contributed by atoms with E-state index in [0.29, 0.717) is 23.7 Å². The third-order valence-electron chi connectivity index (χ3n) is 3.70. The van der Waals surface area contributed by atoms with E-state index in [4.69, 9.17) is 9.47 Å². The van der Waals surface area contributed by atoms with Gasteiger partial charge in [-0.05, 0) is 55.0 Å².